The SMILES string of the molecule is CCCC1=C(CCC)[Si](c2ccccc2)(c2ccccc2)C(CCC)=C1CCC. The van der Waals surface area contributed by atoms with Gasteiger partial charge in [0.05, 0.1) is 0 Å². The zero-order valence-electron chi connectivity index (χ0n) is 18.9. The van der Waals surface area contributed by atoms with Crippen LogP contribution in [0.5, 0.6) is 0 Å². The van der Waals surface area contributed by atoms with Crippen LogP contribution < -0.4 is 10.4 Å². The molecule has 0 aromatic heterocycles. The molecule has 154 valence electrons. The van der Waals surface area contributed by atoms with Crippen LogP contribution in [-0.2, 0) is 0 Å². The molecule has 0 radical (unpaired) electrons. The molecular formula is C28H38Si. The number of hydrogen-bond donors (Lipinski definition) is 0. The van der Waals surface area contributed by atoms with E-state index in [1.54, 1.807) is 21.5 Å². The Hall–Kier alpha value is -1.86. The van der Waals surface area contributed by atoms with Crippen molar-refractivity contribution in [1.82, 2.24) is 0 Å². The maximum Gasteiger partial charge on any atom is 0.172 e. The van der Waals surface area contributed by atoms with E-state index in [0.29, 0.717) is 0 Å². The third-order valence-electron chi connectivity index (χ3n) is 6.41. The van der Waals surface area contributed by atoms with Gasteiger partial charge in [-0.05, 0) is 47.2 Å². The van der Waals surface area contributed by atoms with E-state index in [-0.39, 0.29) is 0 Å². The largest absolute Gasteiger partial charge is 0.172 e. The van der Waals surface area contributed by atoms with Gasteiger partial charge in [-0.25, -0.2) is 0 Å². The molecule has 0 bridgehead atoms. The standard InChI is InChI=1S/C28H38Si/c1-5-15-25-26(16-6-2)28(18-8-4)29(27(25)17-7-3,23-19-11-9-12-20-23)24-21-13-10-14-22-24/h9-14,19-22H,5-8,15-18H2,1-4H3. The van der Waals surface area contributed by atoms with E-state index in [1.807, 2.05) is 10.4 Å². The minimum atomic E-state index is -2.13. The highest BCUT2D eigenvalue weighted by molar-refractivity contribution is 7.13. The van der Waals surface area contributed by atoms with Crippen LogP contribution in [0, 0.1) is 0 Å². The molecule has 0 N–H and O–H groups in total. The van der Waals surface area contributed by atoms with Crippen LogP contribution in [0.4, 0.5) is 0 Å². The summed E-state index contributed by atoms with van der Waals surface area (Å²) in [5.74, 6) is 0. The van der Waals surface area contributed by atoms with Crippen LogP contribution in [0.2, 0.25) is 0 Å². The van der Waals surface area contributed by atoms with Gasteiger partial charge in [0.2, 0.25) is 0 Å². The molecule has 0 unspecified atom stereocenters. The van der Waals surface area contributed by atoms with Crippen LogP contribution in [0.3, 0.4) is 0 Å². The molecule has 2 aromatic rings. The summed E-state index contributed by atoms with van der Waals surface area (Å²) in [6.07, 6.45) is 9.91. The molecule has 0 saturated heterocycles. The van der Waals surface area contributed by atoms with Gasteiger partial charge in [-0.1, -0.05) is 124 Å². The van der Waals surface area contributed by atoms with Crippen molar-refractivity contribution in [1.29, 1.82) is 0 Å². The van der Waals surface area contributed by atoms with Gasteiger partial charge in [0.15, 0.2) is 8.07 Å². The number of rotatable bonds is 10. The van der Waals surface area contributed by atoms with Crippen molar-refractivity contribution >= 4 is 18.4 Å². The zero-order chi connectivity index (χ0) is 20.7. The summed E-state index contributed by atoms with van der Waals surface area (Å²) in [4.78, 5) is 0. The third kappa shape index (κ3) is 3.94. The van der Waals surface area contributed by atoms with E-state index < -0.39 is 8.07 Å². The number of allylic oxidation sites excluding steroid dienone is 4. The molecule has 0 amide bonds. The van der Waals surface area contributed by atoms with Gasteiger partial charge in [0.25, 0.3) is 0 Å². The van der Waals surface area contributed by atoms with Crippen molar-refractivity contribution < 1.29 is 0 Å². The Kier molecular flexibility index (Phi) is 7.72. The maximum atomic E-state index is 2.43. The molecule has 1 heteroatoms. The Balaban J connectivity index is 2.43. The van der Waals surface area contributed by atoms with E-state index in [1.165, 1.54) is 51.4 Å². The summed E-state index contributed by atoms with van der Waals surface area (Å²) in [5, 5.41) is 6.84. The van der Waals surface area contributed by atoms with E-state index in [9.17, 15) is 0 Å². The van der Waals surface area contributed by atoms with Crippen molar-refractivity contribution in [3.05, 3.63) is 82.2 Å². The lowest BCUT2D eigenvalue weighted by molar-refractivity contribution is 0.825. The molecule has 0 nitrogen and oxygen atoms in total. The predicted molar refractivity (Wildman–Crippen MR) is 132 cm³/mol. The van der Waals surface area contributed by atoms with E-state index in [2.05, 4.69) is 88.4 Å². The quantitative estimate of drug-likeness (QED) is 0.371. The zero-order valence-corrected chi connectivity index (χ0v) is 19.9. The lowest BCUT2D eigenvalue weighted by atomic mass is 9.95. The maximum absolute atomic E-state index is 2.43. The van der Waals surface area contributed by atoms with Gasteiger partial charge in [-0.15, -0.1) is 0 Å². The molecule has 1 heterocycles. The monoisotopic (exact) mass is 402 g/mol. The first-order chi connectivity index (χ1) is 14.2. The molecular weight excluding hydrogens is 364 g/mol. The second-order valence-corrected chi connectivity index (χ2v) is 12.3. The fraction of sp³-hybridized carbons (Fsp3) is 0.429. The van der Waals surface area contributed by atoms with Gasteiger partial charge in [0, 0.05) is 0 Å². The molecule has 0 fully saturated rings. The summed E-state index contributed by atoms with van der Waals surface area (Å²) in [6.45, 7) is 9.43. The highest BCUT2D eigenvalue weighted by atomic mass is 28.3. The highest BCUT2D eigenvalue weighted by Crippen LogP contribution is 2.46. The van der Waals surface area contributed by atoms with Crippen LogP contribution in [0.15, 0.2) is 82.2 Å². The minimum absolute atomic E-state index is 1.23. The second kappa shape index (κ2) is 10.3. The first-order valence-electron chi connectivity index (χ1n) is 11.8. The molecule has 3 rings (SSSR count). The van der Waals surface area contributed by atoms with E-state index >= 15 is 0 Å². The topological polar surface area (TPSA) is 0 Å². The van der Waals surface area contributed by atoms with Crippen molar-refractivity contribution in [3.63, 3.8) is 0 Å². The average molecular weight is 403 g/mol. The van der Waals surface area contributed by atoms with Gasteiger partial charge in [-0.3, -0.25) is 0 Å². The molecule has 0 spiro atoms. The first kappa shape index (κ1) is 21.8. The van der Waals surface area contributed by atoms with E-state index in [4.69, 9.17) is 0 Å². The van der Waals surface area contributed by atoms with Gasteiger partial charge in [-0.2, -0.15) is 0 Å². The fourth-order valence-corrected chi connectivity index (χ4v) is 11.7. The third-order valence-corrected chi connectivity index (χ3v) is 11.7. The molecule has 0 aliphatic carbocycles. The van der Waals surface area contributed by atoms with Gasteiger partial charge < -0.3 is 0 Å². The van der Waals surface area contributed by atoms with Crippen LogP contribution in [-0.4, -0.2) is 8.07 Å². The smallest absolute Gasteiger partial charge is 0.0651 e. The lowest BCUT2D eigenvalue weighted by Gasteiger charge is -2.36. The second-order valence-electron chi connectivity index (χ2n) is 8.40. The van der Waals surface area contributed by atoms with Gasteiger partial charge in [0.1, 0.15) is 0 Å². The molecule has 0 saturated carbocycles. The fourth-order valence-electron chi connectivity index (χ4n) is 5.52. The Morgan fingerprint density at radius 1 is 0.483 bits per heavy atom. The summed E-state index contributed by atoms with van der Waals surface area (Å²) in [7, 11) is -2.13. The normalized spacial score (nSPS) is 16.0. The summed E-state index contributed by atoms with van der Waals surface area (Å²) in [5.41, 5.74) is 3.50. The van der Waals surface area contributed by atoms with Crippen LogP contribution >= 0.6 is 0 Å². The Bertz CT molecular complexity index is 769. The lowest BCUT2D eigenvalue weighted by Crippen LogP contribution is -2.61. The molecule has 1 aliphatic heterocycles. The van der Waals surface area contributed by atoms with Crippen molar-refractivity contribution in [2.24, 2.45) is 0 Å². The number of hydrogen-bond acceptors (Lipinski definition) is 0. The first-order valence-corrected chi connectivity index (χ1v) is 13.8. The molecule has 29 heavy (non-hydrogen) atoms. The Labute approximate surface area is 179 Å². The Morgan fingerprint density at radius 2 is 0.828 bits per heavy atom. The average Bonchev–Trinajstić information content (AvgIpc) is 3.00. The minimum Gasteiger partial charge on any atom is -0.0651 e. The van der Waals surface area contributed by atoms with E-state index in [0.717, 1.165) is 0 Å². The summed E-state index contributed by atoms with van der Waals surface area (Å²) in [6, 6.07) is 23.1. The van der Waals surface area contributed by atoms with Crippen LogP contribution in [0.25, 0.3) is 0 Å². The van der Waals surface area contributed by atoms with Gasteiger partial charge >= 0.3 is 0 Å². The van der Waals surface area contributed by atoms with Crippen molar-refractivity contribution in [2.45, 2.75) is 79.1 Å². The molecule has 0 atom stereocenters. The van der Waals surface area contributed by atoms with Crippen LogP contribution in [0.1, 0.15) is 79.1 Å². The van der Waals surface area contributed by atoms with Crippen molar-refractivity contribution in [3.8, 4) is 0 Å². The highest BCUT2D eigenvalue weighted by Gasteiger charge is 2.49. The summed E-state index contributed by atoms with van der Waals surface area (Å²) < 4.78 is 0. The molecule has 1 aliphatic rings. The van der Waals surface area contributed by atoms with Crippen molar-refractivity contribution in [2.75, 3.05) is 0 Å². The predicted octanol–water partition coefficient (Wildman–Crippen LogP) is 7.14. The molecule has 2 aromatic carbocycles. The number of benzene rings is 2. The summed E-state index contributed by atoms with van der Waals surface area (Å²) >= 11 is 0. The Morgan fingerprint density at radius 3 is 1.14 bits per heavy atom.